The Labute approximate surface area is 93.4 Å². The highest BCUT2D eigenvalue weighted by atomic mass is 15.2. The highest BCUT2D eigenvalue weighted by Gasteiger charge is 2.08. The van der Waals surface area contributed by atoms with Crippen molar-refractivity contribution < 1.29 is 0 Å². The molecule has 1 fully saturated rings. The van der Waals surface area contributed by atoms with E-state index in [0.29, 0.717) is 0 Å². The lowest BCUT2D eigenvalue weighted by molar-refractivity contribution is 0.300. The van der Waals surface area contributed by atoms with Gasteiger partial charge in [0.1, 0.15) is 0 Å². The van der Waals surface area contributed by atoms with E-state index in [1.165, 1.54) is 11.3 Å². The molecule has 0 amide bonds. The Morgan fingerprint density at radius 2 is 1.80 bits per heavy atom. The van der Waals surface area contributed by atoms with Crippen molar-refractivity contribution in [1.29, 1.82) is 0 Å². The van der Waals surface area contributed by atoms with Gasteiger partial charge in [0.2, 0.25) is 0 Å². The van der Waals surface area contributed by atoms with Gasteiger partial charge >= 0.3 is 0 Å². The summed E-state index contributed by atoms with van der Waals surface area (Å²) < 4.78 is 0. The molecule has 0 bridgehead atoms. The Morgan fingerprint density at radius 3 is 2.40 bits per heavy atom. The Balaban J connectivity index is 2.54. The monoisotopic (exact) mass is 206 g/mol. The summed E-state index contributed by atoms with van der Waals surface area (Å²) in [4.78, 5) is 2.43. The van der Waals surface area contributed by atoms with Crippen LogP contribution in [0.15, 0.2) is 35.6 Å². The fraction of sp³-hybridized carbons (Fsp3) is 0.538. The third kappa shape index (κ3) is 4.34. The minimum Gasteiger partial charge on any atom is -0.372 e. The van der Waals surface area contributed by atoms with Crippen molar-refractivity contribution in [2.45, 2.75) is 20.8 Å². The van der Waals surface area contributed by atoms with Crippen molar-refractivity contribution in [1.82, 2.24) is 10.2 Å². The molecule has 1 saturated heterocycles. The van der Waals surface area contributed by atoms with Gasteiger partial charge in [0.15, 0.2) is 0 Å². The van der Waals surface area contributed by atoms with E-state index < -0.39 is 0 Å². The molecule has 1 aliphatic rings. The minimum atomic E-state index is 1.10. The molecule has 2 heteroatoms. The van der Waals surface area contributed by atoms with Crippen LogP contribution in [0.4, 0.5) is 0 Å². The van der Waals surface area contributed by atoms with E-state index in [2.05, 4.69) is 48.4 Å². The highest BCUT2D eigenvalue weighted by Crippen LogP contribution is 2.06. The van der Waals surface area contributed by atoms with Gasteiger partial charge in [-0.15, -0.1) is 0 Å². The summed E-state index contributed by atoms with van der Waals surface area (Å²) in [6, 6.07) is 0. The molecule has 1 N–H and O–H groups in total. The van der Waals surface area contributed by atoms with Crippen LogP contribution < -0.4 is 5.32 Å². The van der Waals surface area contributed by atoms with Crippen molar-refractivity contribution in [2.24, 2.45) is 0 Å². The Hall–Kier alpha value is -1.02. The molecule has 84 valence electrons. The maximum absolute atomic E-state index is 3.36. The van der Waals surface area contributed by atoms with Crippen LogP contribution in [0.1, 0.15) is 20.8 Å². The van der Waals surface area contributed by atoms with Crippen molar-refractivity contribution in [3.63, 3.8) is 0 Å². The Kier molecular flexibility index (Phi) is 5.19. The molecule has 0 unspecified atom stereocenters. The average Bonchev–Trinajstić information content (AvgIpc) is 2.27. The molecule has 0 aromatic heterocycles. The Morgan fingerprint density at radius 1 is 1.13 bits per heavy atom. The van der Waals surface area contributed by atoms with Crippen molar-refractivity contribution in [2.75, 3.05) is 26.2 Å². The molecular weight excluding hydrogens is 184 g/mol. The van der Waals surface area contributed by atoms with Crippen LogP contribution in [-0.2, 0) is 0 Å². The zero-order chi connectivity index (χ0) is 11.1. The van der Waals surface area contributed by atoms with Gasteiger partial charge in [-0.2, -0.15) is 0 Å². The van der Waals surface area contributed by atoms with Gasteiger partial charge in [0.05, 0.1) is 0 Å². The van der Waals surface area contributed by atoms with Gasteiger partial charge in [-0.25, -0.2) is 0 Å². The smallest absolute Gasteiger partial charge is 0.0300 e. The quantitative estimate of drug-likeness (QED) is 0.713. The maximum Gasteiger partial charge on any atom is 0.0300 e. The first-order valence-corrected chi connectivity index (χ1v) is 5.67. The van der Waals surface area contributed by atoms with Crippen molar-refractivity contribution in [3.05, 3.63) is 35.6 Å². The number of piperazine rings is 1. The molecule has 0 aliphatic carbocycles. The largest absolute Gasteiger partial charge is 0.372 e. The molecule has 0 radical (unpaired) electrons. The van der Waals surface area contributed by atoms with E-state index in [9.17, 15) is 0 Å². The zero-order valence-electron chi connectivity index (χ0n) is 10.1. The average molecular weight is 206 g/mol. The predicted molar refractivity (Wildman–Crippen MR) is 66.8 cm³/mol. The number of nitrogens with one attached hydrogen (secondary N) is 1. The standard InChI is InChI=1S/C13H22N2/c1-4-5-12(2)6-7-13(3)15-10-8-14-9-11-15/h4-7,14H,8-11H2,1-3H3/b5-4-,12-6-,13-7+. The molecule has 1 heterocycles. The summed E-state index contributed by atoms with van der Waals surface area (Å²) in [6.07, 6.45) is 8.58. The normalized spacial score (nSPS) is 20.1. The minimum absolute atomic E-state index is 1.10. The molecule has 1 rings (SSSR count). The van der Waals surface area contributed by atoms with Crippen LogP contribution in [0.5, 0.6) is 0 Å². The molecule has 0 saturated carbocycles. The van der Waals surface area contributed by atoms with Crippen LogP contribution in [0.25, 0.3) is 0 Å². The lowest BCUT2D eigenvalue weighted by atomic mass is 10.2. The molecule has 2 nitrogen and oxygen atoms in total. The molecule has 0 aromatic carbocycles. The molecule has 0 atom stereocenters. The van der Waals surface area contributed by atoms with Gasteiger partial charge in [0, 0.05) is 31.9 Å². The number of hydrogen-bond donors (Lipinski definition) is 1. The first-order chi connectivity index (χ1) is 7.24. The second-order valence-electron chi connectivity index (χ2n) is 3.96. The van der Waals surface area contributed by atoms with E-state index >= 15 is 0 Å². The van der Waals surface area contributed by atoms with E-state index in [1.807, 2.05) is 6.92 Å². The molecular formula is C13H22N2. The summed E-state index contributed by atoms with van der Waals surface area (Å²) in [6.45, 7) is 10.8. The summed E-state index contributed by atoms with van der Waals surface area (Å²) >= 11 is 0. The van der Waals surface area contributed by atoms with Crippen LogP contribution >= 0.6 is 0 Å². The SMILES string of the molecule is C\C=C/C(C)=C\C=C(/C)N1CCNCC1. The van der Waals surface area contributed by atoms with Gasteiger partial charge in [-0.05, 0) is 26.8 Å². The summed E-state index contributed by atoms with van der Waals surface area (Å²) in [5.74, 6) is 0. The van der Waals surface area contributed by atoms with Crippen LogP contribution in [0.2, 0.25) is 0 Å². The van der Waals surface area contributed by atoms with E-state index in [4.69, 9.17) is 0 Å². The Bertz CT molecular complexity index is 268. The van der Waals surface area contributed by atoms with Gasteiger partial charge in [-0.3, -0.25) is 0 Å². The fourth-order valence-electron chi connectivity index (χ4n) is 1.69. The van der Waals surface area contributed by atoms with Gasteiger partial charge in [-0.1, -0.05) is 23.8 Å². The second-order valence-corrected chi connectivity index (χ2v) is 3.96. The molecule has 1 aliphatic heterocycles. The van der Waals surface area contributed by atoms with Crippen LogP contribution in [0, 0.1) is 0 Å². The van der Waals surface area contributed by atoms with E-state index in [1.54, 1.807) is 0 Å². The second kappa shape index (κ2) is 6.46. The third-order valence-electron chi connectivity index (χ3n) is 2.63. The van der Waals surface area contributed by atoms with Crippen molar-refractivity contribution in [3.8, 4) is 0 Å². The molecule has 15 heavy (non-hydrogen) atoms. The number of allylic oxidation sites excluding steroid dienone is 6. The highest BCUT2D eigenvalue weighted by molar-refractivity contribution is 5.23. The van der Waals surface area contributed by atoms with E-state index in [0.717, 1.165) is 26.2 Å². The molecule has 0 spiro atoms. The summed E-state index contributed by atoms with van der Waals surface area (Å²) in [7, 11) is 0. The summed E-state index contributed by atoms with van der Waals surface area (Å²) in [5.41, 5.74) is 2.66. The first kappa shape index (κ1) is 12.1. The molecule has 0 aromatic rings. The predicted octanol–water partition coefficient (Wildman–Crippen LogP) is 2.32. The maximum atomic E-state index is 3.36. The summed E-state index contributed by atoms with van der Waals surface area (Å²) in [5, 5.41) is 3.36. The number of rotatable bonds is 3. The van der Waals surface area contributed by atoms with Crippen molar-refractivity contribution >= 4 is 0 Å². The number of nitrogens with zero attached hydrogens (tertiary/aromatic N) is 1. The lowest BCUT2D eigenvalue weighted by Gasteiger charge is -2.29. The third-order valence-corrected chi connectivity index (χ3v) is 2.63. The van der Waals surface area contributed by atoms with E-state index in [-0.39, 0.29) is 0 Å². The van der Waals surface area contributed by atoms with Gasteiger partial charge in [0.25, 0.3) is 0 Å². The van der Waals surface area contributed by atoms with Crippen LogP contribution in [-0.4, -0.2) is 31.1 Å². The van der Waals surface area contributed by atoms with Crippen LogP contribution in [0.3, 0.4) is 0 Å². The fourth-order valence-corrected chi connectivity index (χ4v) is 1.69. The first-order valence-electron chi connectivity index (χ1n) is 5.67. The number of hydrogen-bond acceptors (Lipinski definition) is 2. The van der Waals surface area contributed by atoms with Gasteiger partial charge < -0.3 is 10.2 Å². The lowest BCUT2D eigenvalue weighted by Crippen LogP contribution is -2.42. The topological polar surface area (TPSA) is 15.3 Å². The zero-order valence-corrected chi connectivity index (χ0v) is 10.1.